The van der Waals surface area contributed by atoms with Gasteiger partial charge in [-0.25, -0.2) is 8.42 Å². The lowest BCUT2D eigenvalue weighted by Gasteiger charge is -2.35. The number of rotatable bonds is 5. The Morgan fingerprint density at radius 3 is 2.45 bits per heavy atom. The van der Waals surface area contributed by atoms with Gasteiger partial charge in [-0.2, -0.15) is 0 Å². The van der Waals surface area contributed by atoms with Crippen LogP contribution in [0, 0.1) is 20.8 Å². The molecule has 5 rings (SSSR count). The maximum atomic E-state index is 13.3. The quantitative estimate of drug-likeness (QED) is 0.411. The number of benzene rings is 2. The van der Waals surface area contributed by atoms with Gasteiger partial charge in [-0.3, -0.25) is 9.10 Å². The second-order valence-corrected chi connectivity index (χ2v) is 13.6. The van der Waals surface area contributed by atoms with Crippen LogP contribution in [0.1, 0.15) is 68.0 Å². The van der Waals surface area contributed by atoms with Gasteiger partial charge in [0.2, 0.25) is 10.0 Å². The van der Waals surface area contributed by atoms with E-state index < -0.39 is 21.7 Å². The van der Waals surface area contributed by atoms with Gasteiger partial charge in [0.25, 0.3) is 0 Å². The summed E-state index contributed by atoms with van der Waals surface area (Å²) < 4.78 is 42.1. The van der Waals surface area contributed by atoms with Crippen LogP contribution in [-0.4, -0.2) is 43.8 Å². The number of ether oxygens (including phenoxy) is 2. The number of hydrogen-bond donors (Lipinski definition) is 0. The molecule has 0 bridgehead atoms. The Morgan fingerprint density at radius 2 is 1.82 bits per heavy atom. The minimum Gasteiger partial charge on any atom is -0.493 e. The molecular formula is C30H38N2O5S. The summed E-state index contributed by atoms with van der Waals surface area (Å²) in [5.74, 6) is 0.796. The maximum absolute atomic E-state index is 13.3. The molecule has 7 nitrogen and oxygen atoms in total. The fourth-order valence-corrected chi connectivity index (χ4v) is 7.17. The Hall–Kier alpha value is -2.84. The highest BCUT2D eigenvalue weighted by Crippen LogP contribution is 2.50. The monoisotopic (exact) mass is 538 g/mol. The molecule has 0 N–H and O–H groups in total. The van der Waals surface area contributed by atoms with E-state index in [0.717, 1.165) is 62.9 Å². The third kappa shape index (κ3) is 4.31. The molecule has 2 aliphatic rings. The number of anilines is 1. The van der Waals surface area contributed by atoms with E-state index in [4.69, 9.17) is 9.47 Å². The van der Waals surface area contributed by atoms with E-state index in [0.29, 0.717) is 25.4 Å². The standard InChI is InChI=1S/C30H38N2O5S/c1-17-16-31-13-14-32(38(8,34)35)27-19(3)25(29(20(4)33)37-30(5,6)7)26(24(17)28(27)31)22-11-12-23-21(18(22)2)10-9-15-36-23/h11-12,16,29H,9-10,13-15H2,1-8H3. The van der Waals surface area contributed by atoms with Crippen molar-refractivity contribution in [1.29, 1.82) is 0 Å². The molecule has 2 aromatic carbocycles. The first-order valence-corrected chi connectivity index (χ1v) is 15.1. The van der Waals surface area contributed by atoms with Crippen LogP contribution in [0.2, 0.25) is 0 Å². The summed E-state index contributed by atoms with van der Waals surface area (Å²) in [7, 11) is -3.55. The number of hydrogen-bond acceptors (Lipinski definition) is 5. The van der Waals surface area contributed by atoms with E-state index in [1.807, 2.05) is 33.8 Å². The Labute approximate surface area is 225 Å². The second kappa shape index (κ2) is 9.12. The average molecular weight is 539 g/mol. The topological polar surface area (TPSA) is 77.8 Å². The summed E-state index contributed by atoms with van der Waals surface area (Å²) in [4.78, 5) is 13.3. The van der Waals surface area contributed by atoms with Crippen molar-refractivity contribution in [2.45, 2.75) is 79.6 Å². The molecule has 3 heterocycles. The molecular weight excluding hydrogens is 500 g/mol. The van der Waals surface area contributed by atoms with Crippen molar-refractivity contribution < 1.29 is 22.7 Å². The lowest BCUT2D eigenvalue weighted by Crippen LogP contribution is -2.37. The van der Waals surface area contributed by atoms with Gasteiger partial charge in [0, 0.05) is 23.7 Å². The van der Waals surface area contributed by atoms with Gasteiger partial charge in [-0.05, 0) is 101 Å². The number of carbonyl (C=O) groups is 1. The van der Waals surface area contributed by atoms with Crippen molar-refractivity contribution in [2.24, 2.45) is 0 Å². The molecule has 204 valence electrons. The zero-order valence-corrected chi connectivity index (χ0v) is 24.5. The van der Waals surface area contributed by atoms with Gasteiger partial charge < -0.3 is 14.0 Å². The molecule has 8 heteroatoms. The van der Waals surface area contributed by atoms with Crippen LogP contribution < -0.4 is 9.04 Å². The minimum atomic E-state index is -3.55. The molecule has 0 amide bonds. The highest BCUT2D eigenvalue weighted by atomic mass is 32.2. The molecule has 0 saturated heterocycles. The summed E-state index contributed by atoms with van der Waals surface area (Å²) in [6.07, 6.45) is 4.38. The summed E-state index contributed by atoms with van der Waals surface area (Å²) in [5, 5.41) is 0.970. The zero-order chi connectivity index (χ0) is 27.7. The number of fused-ring (bicyclic) bond motifs is 1. The molecule has 0 radical (unpaired) electrons. The van der Waals surface area contributed by atoms with E-state index in [2.05, 4.69) is 30.7 Å². The van der Waals surface area contributed by atoms with Crippen LogP contribution in [0.5, 0.6) is 5.75 Å². The molecule has 0 fully saturated rings. The van der Waals surface area contributed by atoms with Crippen LogP contribution in [0.4, 0.5) is 5.69 Å². The molecule has 2 aliphatic heterocycles. The van der Waals surface area contributed by atoms with Crippen molar-refractivity contribution >= 4 is 32.4 Å². The fraction of sp³-hybridized carbons (Fsp3) is 0.500. The van der Waals surface area contributed by atoms with Crippen LogP contribution in [0.25, 0.3) is 22.0 Å². The van der Waals surface area contributed by atoms with E-state index in [1.165, 1.54) is 16.1 Å². The molecule has 1 unspecified atom stereocenters. The molecule has 1 atom stereocenters. The van der Waals surface area contributed by atoms with E-state index in [9.17, 15) is 13.2 Å². The summed E-state index contributed by atoms with van der Waals surface area (Å²) >= 11 is 0. The van der Waals surface area contributed by atoms with Crippen LogP contribution >= 0.6 is 0 Å². The van der Waals surface area contributed by atoms with Crippen LogP contribution in [-0.2, 0) is 32.5 Å². The predicted octanol–water partition coefficient (Wildman–Crippen LogP) is 5.78. The smallest absolute Gasteiger partial charge is 0.232 e. The summed E-state index contributed by atoms with van der Waals surface area (Å²) in [6.45, 7) is 15.1. The summed E-state index contributed by atoms with van der Waals surface area (Å²) in [6, 6.07) is 4.12. The van der Waals surface area contributed by atoms with Gasteiger partial charge in [0.15, 0.2) is 5.78 Å². The van der Waals surface area contributed by atoms with Gasteiger partial charge >= 0.3 is 0 Å². The number of sulfonamides is 1. The Bertz CT molecular complexity index is 1580. The first-order chi connectivity index (χ1) is 17.7. The third-order valence-corrected chi connectivity index (χ3v) is 8.89. The van der Waals surface area contributed by atoms with Gasteiger partial charge in [-0.1, -0.05) is 6.07 Å². The highest BCUT2D eigenvalue weighted by molar-refractivity contribution is 7.92. The fourth-order valence-electron chi connectivity index (χ4n) is 6.20. The summed E-state index contributed by atoms with van der Waals surface area (Å²) in [5.41, 5.74) is 7.77. The molecule has 1 aromatic heterocycles. The van der Waals surface area contributed by atoms with Crippen molar-refractivity contribution in [3.63, 3.8) is 0 Å². The van der Waals surface area contributed by atoms with Crippen LogP contribution in [0.15, 0.2) is 18.3 Å². The zero-order valence-electron chi connectivity index (χ0n) is 23.7. The highest BCUT2D eigenvalue weighted by Gasteiger charge is 2.37. The van der Waals surface area contributed by atoms with Crippen molar-refractivity contribution in [1.82, 2.24) is 4.57 Å². The molecule has 0 spiro atoms. The Morgan fingerprint density at radius 1 is 1.11 bits per heavy atom. The second-order valence-electron chi connectivity index (χ2n) is 11.7. The minimum absolute atomic E-state index is 0.117. The van der Waals surface area contributed by atoms with Crippen molar-refractivity contribution in [2.75, 3.05) is 23.7 Å². The first-order valence-electron chi connectivity index (χ1n) is 13.3. The molecule has 0 saturated carbocycles. The molecule has 3 aromatic rings. The predicted molar refractivity (Wildman–Crippen MR) is 152 cm³/mol. The normalized spacial score (nSPS) is 16.4. The van der Waals surface area contributed by atoms with Gasteiger partial charge in [0.05, 0.1) is 36.2 Å². The first kappa shape index (κ1) is 26.8. The van der Waals surface area contributed by atoms with Crippen LogP contribution in [0.3, 0.4) is 0 Å². The number of carbonyl (C=O) groups excluding carboxylic acids is 1. The molecule has 38 heavy (non-hydrogen) atoms. The lowest BCUT2D eigenvalue weighted by atomic mass is 9.82. The average Bonchev–Trinajstić information content (AvgIpc) is 3.15. The number of aromatic nitrogens is 1. The van der Waals surface area contributed by atoms with Crippen molar-refractivity contribution in [3.05, 3.63) is 46.1 Å². The van der Waals surface area contributed by atoms with Gasteiger partial charge in [0.1, 0.15) is 11.9 Å². The maximum Gasteiger partial charge on any atom is 0.232 e. The van der Waals surface area contributed by atoms with Gasteiger partial charge in [-0.15, -0.1) is 0 Å². The van der Waals surface area contributed by atoms with E-state index in [1.54, 1.807) is 6.92 Å². The number of ketones is 1. The van der Waals surface area contributed by atoms with E-state index >= 15 is 0 Å². The Kier molecular flexibility index (Phi) is 6.42. The van der Waals surface area contributed by atoms with Crippen molar-refractivity contribution in [3.8, 4) is 16.9 Å². The number of nitrogens with zero attached hydrogens (tertiary/aromatic N) is 2. The molecule has 0 aliphatic carbocycles. The third-order valence-electron chi connectivity index (χ3n) is 7.72. The largest absolute Gasteiger partial charge is 0.493 e. The Balaban J connectivity index is 1.97. The number of aryl methyl sites for hydroxylation is 1. The van der Waals surface area contributed by atoms with E-state index in [-0.39, 0.29) is 5.78 Å². The SMILES string of the molecule is CC(=O)C(OC(C)(C)C)c1c(C)c2c3c(c(C)cn3CCN2S(C)(=O)=O)c1-c1ccc2c(c1C)CCCO2. The lowest BCUT2D eigenvalue weighted by molar-refractivity contribution is -0.138. The number of Topliss-reactive ketones (excluding diaryl/α,β-unsaturated/α-hetero) is 1.